The average molecular weight is 262 g/mol. The molecule has 0 aliphatic carbocycles. The van der Waals surface area contributed by atoms with Gasteiger partial charge in [-0.15, -0.1) is 11.3 Å². The normalized spacial score (nSPS) is 10.0. The average Bonchev–Trinajstić information content (AvgIpc) is 2.73. The van der Waals surface area contributed by atoms with Crippen molar-refractivity contribution in [1.29, 1.82) is 5.26 Å². The van der Waals surface area contributed by atoms with E-state index in [1.54, 1.807) is 6.07 Å². The van der Waals surface area contributed by atoms with Crippen LogP contribution in [-0.4, -0.2) is 19.6 Å². The monoisotopic (exact) mass is 262 g/mol. The van der Waals surface area contributed by atoms with Gasteiger partial charge in [-0.3, -0.25) is 4.79 Å². The minimum absolute atomic E-state index is 0.265. The molecule has 1 heterocycles. The van der Waals surface area contributed by atoms with Crippen LogP contribution in [-0.2, 0) is 4.79 Å². The molecule has 0 saturated heterocycles. The van der Waals surface area contributed by atoms with Crippen LogP contribution in [0.4, 0.5) is 0 Å². The van der Waals surface area contributed by atoms with Crippen LogP contribution in [0, 0.1) is 11.3 Å². The maximum atomic E-state index is 10.8. The van der Waals surface area contributed by atoms with Gasteiger partial charge in [0.2, 0.25) is 0 Å². The van der Waals surface area contributed by atoms with Crippen LogP contribution in [0.15, 0.2) is 18.2 Å². The fourth-order valence-electron chi connectivity index (χ4n) is 1.61. The summed E-state index contributed by atoms with van der Waals surface area (Å²) in [6, 6.07) is 7.51. The van der Waals surface area contributed by atoms with Crippen molar-refractivity contribution in [3.63, 3.8) is 0 Å². The van der Waals surface area contributed by atoms with Crippen LogP contribution in [0.2, 0.25) is 0 Å². The molecule has 1 aromatic carbocycles. The topological polar surface area (TPSA) is 85.3 Å². The number of hydrogen-bond acceptors (Lipinski definition) is 5. The molecule has 2 aromatic rings. The minimum atomic E-state index is -0.590. The van der Waals surface area contributed by atoms with Gasteiger partial charge in [0.25, 0.3) is 5.91 Å². The van der Waals surface area contributed by atoms with Gasteiger partial charge in [0.15, 0.2) is 12.4 Å². The smallest absolute Gasteiger partial charge is 0.255 e. The van der Waals surface area contributed by atoms with Crippen molar-refractivity contribution in [1.82, 2.24) is 0 Å². The highest BCUT2D eigenvalue weighted by atomic mass is 32.1. The fraction of sp³-hybridized carbons (Fsp3) is 0.167. The molecule has 0 spiro atoms. The van der Waals surface area contributed by atoms with Crippen molar-refractivity contribution < 1.29 is 14.3 Å². The molecule has 5 nitrogen and oxygen atoms in total. The summed E-state index contributed by atoms with van der Waals surface area (Å²) in [4.78, 5) is 11.2. The summed E-state index contributed by atoms with van der Waals surface area (Å²) < 4.78 is 11.4. The molecule has 0 unspecified atom stereocenters. The molecule has 2 rings (SSSR count). The number of rotatable bonds is 4. The van der Waals surface area contributed by atoms with Gasteiger partial charge in [-0.25, -0.2) is 0 Å². The van der Waals surface area contributed by atoms with Gasteiger partial charge >= 0.3 is 0 Å². The lowest BCUT2D eigenvalue weighted by molar-refractivity contribution is -0.119. The van der Waals surface area contributed by atoms with Crippen molar-refractivity contribution in [2.24, 2.45) is 5.73 Å². The lowest BCUT2D eigenvalue weighted by Crippen LogP contribution is -2.20. The number of benzene rings is 1. The molecule has 0 aliphatic rings. The zero-order chi connectivity index (χ0) is 13.1. The Kier molecular flexibility index (Phi) is 3.35. The molecule has 0 atom stereocenters. The molecule has 1 aromatic heterocycles. The number of carbonyl (C=O) groups excluding carboxylic acids is 1. The largest absolute Gasteiger partial charge is 0.496 e. The van der Waals surface area contributed by atoms with Crippen molar-refractivity contribution >= 4 is 27.3 Å². The third-order valence-electron chi connectivity index (χ3n) is 2.31. The van der Waals surface area contributed by atoms with E-state index < -0.39 is 5.91 Å². The van der Waals surface area contributed by atoms with Crippen molar-refractivity contribution in [2.45, 2.75) is 0 Å². The fourth-order valence-corrected chi connectivity index (χ4v) is 2.58. The van der Waals surface area contributed by atoms with Gasteiger partial charge in [0.05, 0.1) is 12.5 Å². The van der Waals surface area contributed by atoms with E-state index in [1.807, 2.05) is 18.2 Å². The second kappa shape index (κ2) is 4.94. The molecule has 0 radical (unpaired) electrons. The Balaban J connectivity index is 2.60. The SMILES string of the molecule is COc1cccc2sc(C#N)c(OCC(N)=O)c12. The number of methoxy groups -OCH3 is 1. The minimum Gasteiger partial charge on any atom is -0.496 e. The van der Waals surface area contributed by atoms with E-state index >= 15 is 0 Å². The predicted octanol–water partition coefficient (Wildman–Crippen LogP) is 1.65. The molecule has 1 amide bonds. The summed E-state index contributed by atoms with van der Waals surface area (Å²) in [5.41, 5.74) is 5.04. The maximum Gasteiger partial charge on any atom is 0.255 e. The molecule has 6 heteroatoms. The van der Waals surface area contributed by atoms with Gasteiger partial charge in [-0.1, -0.05) is 6.07 Å². The molecule has 0 saturated carbocycles. The molecule has 92 valence electrons. The summed E-state index contributed by atoms with van der Waals surface area (Å²) in [7, 11) is 1.54. The Morgan fingerprint density at radius 1 is 1.56 bits per heavy atom. The molecule has 18 heavy (non-hydrogen) atoms. The Morgan fingerprint density at radius 3 is 2.94 bits per heavy atom. The van der Waals surface area contributed by atoms with E-state index in [9.17, 15) is 4.79 Å². The van der Waals surface area contributed by atoms with Crippen molar-refractivity contribution in [2.75, 3.05) is 13.7 Å². The predicted molar refractivity (Wildman–Crippen MR) is 67.8 cm³/mol. The van der Waals surface area contributed by atoms with E-state index in [-0.39, 0.29) is 6.61 Å². The number of nitriles is 1. The van der Waals surface area contributed by atoms with Crippen LogP contribution >= 0.6 is 11.3 Å². The quantitative estimate of drug-likeness (QED) is 0.907. The van der Waals surface area contributed by atoms with Gasteiger partial charge in [0, 0.05) is 4.70 Å². The first kappa shape index (κ1) is 12.2. The summed E-state index contributed by atoms with van der Waals surface area (Å²) in [5, 5.41) is 9.77. The first-order valence-corrected chi connectivity index (χ1v) is 5.89. The van der Waals surface area contributed by atoms with E-state index in [2.05, 4.69) is 0 Å². The Bertz CT molecular complexity index is 643. The van der Waals surface area contributed by atoms with Gasteiger partial charge < -0.3 is 15.2 Å². The first-order chi connectivity index (χ1) is 8.67. The number of fused-ring (bicyclic) bond motifs is 1. The highest BCUT2D eigenvalue weighted by Crippen LogP contribution is 2.42. The summed E-state index contributed by atoms with van der Waals surface area (Å²) in [5.74, 6) is 0.367. The number of carbonyl (C=O) groups is 1. The molecule has 2 N–H and O–H groups in total. The number of amides is 1. The molecule has 0 aliphatic heterocycles. The third-order valence-corrected chi connectivity index (χ3v) is 3.35. The van der Waals surface area contributed by atoms with Crippen LogP contribution in [0.3, 0.4) is 0 Å². The highest BCUT2D eigenvalue weighted by molar-refractivity contribution is 7.20. The van der Waals surface area contributed by atoms with E-state index in [0.717, 1.165) is 4.70 Å². The van der Waals surface area contributed by atoms with Crippen molar-refractivity contribution in [3.8, 4) is 17.6 Å². The molecule has 0 fully saturated rings. The number of hydrogen-bond donors (Lipinski definition) is 1. The zero-order valence-corrected chi connectivity index (χ0v) is 10.4. The lowest BCUT2D eigenvalue weighted by Gasteiger charge is -2.06. The summed E-state index contributed by atoms with van der Waals surface area (Å²) in [6.45, 7) is -0.265. The van der Waals surface area contributed by atoms with Gasteiger partial charge in [0.1, 0.15) is 16.7 Å². The molecular weight excluding hydrogens is 252 g/mol. The van der Waals surface area contributed by atoms with Gasteiger partial charge in [-0.2, -0.15) is 5.26 Å². The lowest BCUT2D eigenvalue weighted by atomic mass is 10.2. The van der Waals surface area contributed by atoms with Crippen LogP contribution in [0.25, 0.3) is 10.1 Å². The summed E-state index contributed by atoms with van der Waals surface area (Å²) >= 11 is 1.29. The first-order valence-electron chi connectivity index (χ1n) is 5.08. The molecular formula is C12H10N2O3S. The third kappa shape index (κ3) is 2.08. The number of nitrogens with zero attached hydrogens (tertiary/aromatic N) is 1. The second-order valence-electron chi connectivity index (χ2n) is 3.46. The van der Waals surface area contributed by atoms with Crippen LogP contribution < -0.4 is 15.2 Å². The number of ether oxygens (including phenoxy) is 2. The van der Waals surface area contributed by atoms with E-state index in [1.165, 1.54) is 18.4 Å². The second-order valence-corrected chi connectivity index (χ2v) is 4.51. The maximum absolute atomic E-state index is 10.8. The Morgan fingerprint density at radius 2 is 2.33 bits per heavy atom. The van der Waals surface area contributed by atoms with E-state index in [0.29, 0.717) is 21.8 Å². The Hall–Kier alpha value is -2.26. The Labute approximate surface area is 107 Å². The van der Waals surface area contributed by atoms with Gasteiger partial charge in [-0.05, 0) is 12.1 Å². The highest BCUT2D eigenvalue weighted by Gasteiger charge is 2.17. The summed E-state index contributed by atoms with van der Waals surface area (Å²) in [6.07, 6.45) is 0. The van der Waals surface area contributed by atoms with Crippen LogP contribution in [0.1, 0.15) is 4.88 Å². The number of nitrogens with two attached hydrogens (primary N) is 1. The van der Waals surface area contributed by atoms with Crippen molar-refractivity contribution in [3.05, 3.63) is 23.1 Å². The zero-order valence-electron chi connectivity index (χ0n) is 9.60. The van der Waals surface area contributed by atoms with E-state index in [4.69, 9.17) is 20.5 Å². The number of thiophene rings is 1. The standard InChI is InChI=1S/C12H10N2O3S/c1-16-7-3-2-4-8-11(7)12(9(5-13)18-8)17-6-10(14)15/h2-4H,6H2,1H3,(H2,14,15). The van der Waals surface area contributed by atoms with Crippen LogP contribution in [0.5, 0.6) is 11.5 Å². The number of primary amides is 1. The molecule has 0 bridgehead atoms.